The fraction of sp³-hybridized carbons (Fsp3) is 0.222. The summed E-state index contributed by atoms with van der Waals surface area (Å²) in [5, 5.41) is 6.34. The highest BCUT2D eigenvalue weighted by Crippen LogP contribution is 2.33. The molecule has 0 radical (unpaired) electrons. The van der Waals surface area contributed by atoms with Crippen molar-refractivity contribution in [2.24, 2.45) is 0 Å². The predicted octanol–water partition coefficient (Wildman–Crippen LogP) is 4.60. The summed E-state index contributed by atoms with van der Waals surface area (Å²) in [6, 6.07) is 25.4. The van der Waals surface area contributed by atoms with Gasteiger partial charge in [-0.25, -0.2) is 4.79 Å². The third-order valence-electron chi connectivity index (χ3n) is 6.16. The average Bonchev–Trinajstić information content (AvgIpc) is 3.10. The van der Waals surface area contributed by atoms with Gasteiger partial charge in [0.1, 0.15) is 12.1 Å². The second-order valence-electron chi connectivity index (χ2n) is 8.31. The third-order valence-corrected chi connectivity index (χ3v) is 6.42. The van der Waals surface area contributed by atoms with Gasteiger partial charge in [-0.1, -0.05) is 91.3 Å². The summed E-state index contributed by atoms with van der Waals surface area (Å²) in [5.41, 5.74) is 1.43. The fourth-order valence-electron chi connectivity index (χ4n) is 4.31. The fourth-order valence-corrected chi connectivity index (χ4v) is 4.44. The summed E-state index contributed by atoms with van der Waals surface area (Å²) in [6.45, 7) is 1.46. The highest BCUT2D eigenvalue weighted by Gasteiger charge is 2.51. The summed E-state index contributed by atoms with van der Waals surface area (Å²) in [7, 11) is 0. The smallest absolute Gasteiger partial charge is 0.325 e. The second-order valence-corrected chi connectivity index (χ2v) is 8.74. The first-order chi connectivity index (χ1) is 16.4. The Morgan fingerprint density at radius 3 is 2.21 bits per heavy atom. The molecule has 1 saturated heterocycles. The Morgan fingerprint density at radius 1 is 0.971 bits per heavy atom. The molecule has 3 aromatic rings. The van der Waals surface area contributed by atoms with E-state index in [0.29, 0.717) is 23.4 Å². The van der Waals surface area contributed by atoms with Crippen LogP contribution in [0, 0.1) is 0 Å². The van der Waals surface area contributed by atoms with Crippen molar-refractivity contribution >= 4 is 29.4 Å². The SMILES string of the molecule is CCC1(c2ccc(Cl)cc2)NC(=O)N(CC(=O)NC(Cc2ccccc2)c2ccccc2)C1=O. The molecule has 0 aliphatic carbocycles. The van der Waals surface area contributed by atoms with Crippen LogP contribution < -0.4 is 10.6 Å². The van der Waals surface area contributed by atoms with Crippen LogP contribution in [0.3, 0.4) is 0 Å². The van der Waals surface area contributed by atoms with Crippen LogP contribution in [0.15, 0.2) is 84.9 Å². The minimum absolute atomic E-state index is 0.302. The minimum Gasteiger partial charge on any atom is -0.347 e. The van der Waals surface area contributed by atoms with Crippen molar-refractivity contribution in [3.8, 4) is 0 Å². The predicted molar refractivity (Wildman–Crippen MR) is 131 cm³/mol. The van der Waals surface area contributed by atoms with Crippen molar-refractivity contribution in [1.29, 1.82) is 0 Å². The van der Waals surface area contributed by atoms with Gasteiger partial charge in [0, 0.05) is 5.02 Å². The van der Waals surface area contributed by atoms with E-state index >= 15 is 0 Å². The summed E-state index contributed by atoms with van der Waals surface area (Å²) in [6.07, 6.45) is 0.929. The van der Waals surface area contributed by atoms with E-state index in [-0.39, 0.29) is 12.6 Å². The van der Waals surface area contributed by atoms with Gasteiger partial charge in [-0.2, -0.15) is 0 Å². The molecular weight excluding hydrogens is 450 g/mol. The first kappa shape index (κ1) is 23.5. The molecule has 2 atom stereocenters. The van der Waals surface area contributed by atoms with Crippen LogP contribution in [-0.2, 0) is 21.5 Å². The van der Waals surface area contributed by atoms with Gasteiger partial charge in [-0.05, 0) is 41.7 Å². The lowest BCUT2D eigenvalue weighted by Crippen LogP contribution is -2.45. The minimum atomic E-state index is -1.22. The lowest BCUT2D eigenvalue weighted by Gasteiger charge is -2.26. The normalized spacial score (nSPS) is 18.5. The molecule has 1 aliphatic rings. The molecular formula is C27H26ClN3O3. The van der Waals surface area contributed by atoms with Crippen molar-refractivity contribution in [3.63, 3.8) is 0 Å². The average molecular weight is 476 g/mol. The van der Waals surface area contributed by atoms with Crippen molar-refractivity contribution < 1.29 is 14.4 Å². The maximum atomic E-state index is 13.4. The number of nitrogens with zero attached hydrogens (tertiary/aromatic N) is 1. The lowest BCUT2D eigenvalue weighted by molar-refractivity contribution is -0.135. The van der Waals surface area contributed by atoms with Crippen LogP contribution in [0.4, 0.5) is 4.79 Å². The maximum Gasteiger partial charge on any atom is 0.325 e. The van der Waals surface area contributed by atoms with Gasteiger partial charge in [0.2, 0.25) is 5.91 Å². The number of imide groups is 1. The van der Waals surface area contributed by atoms with Gasteiger partial charge in [-0.3, -0.25) is 14.5 Å². The molecule has 0 aromatic heterocycles. The highest BCUT2D eigenvalue weighted by molar-refractivity contribution is 6.30. The number of hydrogen-bond acceptors (Lipinski definition) is 3. The van der Waals surface area contributed by atoms with Gasteiger partial charge in [0.15, 0.2) is 0 Å². The van der Waals surface area contributed by atoms with Gasteiger partial charge >= 0.3 is 6.03 Å². The molecule has 1 fully saturated rings. The Labute approximate surface area is 203 Å². The van der Waals surface area contributed by atoms with E-state index in [4.69, 9.17) is 11.6 Å². The van der Waals surface area contributed by atoms with E-state index in [0.717, 1.165) is 16.0 Å². The van der Waals surface area contributed by atoms with Crippen molar-refractivity contribution in [3.05, 3.63) is 107 Å². The number of benzene rings is 3. The summed E-state index contributed by atoms with van der Waals surface area (Å²) in [5.74, 6) is -0.854. The molecule has 3 aromatic carbocycles. The third kappa shape index (κ3) is 4.82. The zero-order chi connectivity index (χ0) is 24.1. The molecule has 0 bridgehead atoms. The number of carbonyl (C=O) groups excluding carboxylic acids is 3. The van der Waals surface area contributed by atoms with Crippen molar-refractivity contribution in [2.45, 2.75) is 31.3 Å². The number of carbonyl (C=O) groups is 3. The number of amides is 4. The Hall–Kier alpha value is -3.64. The van der Waals surface area contributed by atoms with Crippen LogP contribution in [-0.4, -0.2) is 29.3 Å². The summed E-state index contributed by atoms with van der Waals surface area (Å²) < 4.78 is 0. The van der Waals surface area contributed by atoms with Gasteiger partial charge in [0.25, 0.3) is 5.91 Å². The quantitative estimate of drug-likeness (QED) is 0.467. The zero-order valence-corrected chi connectivity index (χ0v) is 19.6. The van der Waals surface area contributed by atoms with E-state index in [9.17, 15) is 14.4 Å². The summed E-state index contributed by atoms with van der Waals surface area (Å²) in [4.78, 5) is 40.2. The molecule has 1 heterocycles. The van der Waals surface area contributed by atoms with E-state index in [1.807, 2.05) is 67.6 Å². The first-order valence-electron chi connectivity index (χ1n) is 11.2. The zero-order valence-electron chi connectivity index (χ0n) is 18.8. The van der Waals surface area contributed by atoms with Crippen LogP contribution in [0.1, 0.15) is 36.1 Å². The monoisotopic (exact) mass is 475 g/mol. The molecule has 2 unspecified atom stereocenters. The Kier molecular flexibility index (Phi) is 6.98. The Morgan fingerprint density at radius 2 is 1.59 bits per heavy atom. The molecule has 1 aliphatic heterocycles. The first-order valence-corrected chi connectivity index (χ1v) is 11.6. The highest BCUT2D eigenvalue weighted by atomic mass is 35.5. The maximum absolute atomic E-state index is 13.4. The molecule has 0 spiro atoms. The standard InChI is InChI=1S/C27H26ClN3O3/c1-2-27(21-13-15-22(28)16-14-21)25(33)31(26(34)30-27)18-24(32)29-23(20-11-7-4-8-12-20)17-19-9-5-3-6-10-19/h3-16,23H,2,17-18H2,1H3,(H,29,32)(H,30,34). The van der Waals surface area contributed by atoms with E-state index < -0.39 is 23.4 Å². The van der Waals surface area contributed by atoms with Crippen molar-refractivity contribution in [2.75, 3.05) is 6.54 Å². The molecule has 4 amide bonds. The number of hydrogen-bond donors (Lipinski definition) is 2. The molecule has 6 nitrogen and oxygen atoms in total. The largest absolute Gasteiger partial charge is 0.347 e. The van der Waals surface area contributed by atoms with Gasteiger partial charge in [0.05, 0.1) is 6.04 Å². The molecule has 4 rings (SSSR count). The van der Waals surface area contributed by atoms with E-state index in [1.54, 1.807) is 24.3 Å². The van der Waals surface area contributed by atoms with Crippen molar-refractivity contribution in [1.82, 2.24) is 15.5 Å². The van der Waals surface area contributed by atoms with Crippen LogP contribution in [0.2, 0.25) is 5.02 Å². The molecule has 2 N–H and O–H groups in total. The second kappa shape index (κ2) is 10.1. The molecule has 34 heavy (non-hydrogen) atoms. The van der Waals surface area contributed by atoms with Crippen LogP contribution >= 0.6 is 11.6 Å². The lowest BCUT2D eigenvalue weighted by atomic mass is 9.87. The number of rotatable bonds is 8. The van der Waals surface area contributed by atoms with Crippen LogP contribution in [0.25, 0.3) is 0 Å². The molecule has 7 heteroatoms. The van der Waals surface area contributed by atoms with Gasteiger partial charge in [-0.15, -0.1) is 0 Å². The van der Waals surface area contributed by atoms with Gasteiger partial charge < -0.3 is 10.6 Å². The molecule has 0 saturated carbocycles. The number of nitrogens with one attached hydrogen (secondary N) is 2. The Bertz CT molecular complexity index is 1170. The van der Waals surface area contributed by atoms with E-state index in [1.165, 1.54) is 0 Å². The molecule has 174 valence electrons. The number of urea groups is 1. The van der Waals surface area contributed by atoms with E-state index in [2.05, 4.69) is 10.6 Å². The van der Waals surface area contributed by atoms with Crippen LogP contribution in [0.5, 0.6) is 0 Å². The number of halogens is 1. The summed E-state index contributed by atoms with van der Waals surface area (Å²) >= 11 is 5.99. The topological polar surface area (TPSA) is 78.5 Å². The Balaban J connectivity index is 1.52.